The molecule has 2 N–H and O–H groups in total. The van der Waals surface area contributed by atoms with E-state index in [1.54, 1.807) is 12.1 Å². The number of anilines is 3. The van der Waals surface area contributed by atoms with E-state index in [-0.39, 0.29) is 16.1 Å². The van der Waals surface area contributed by atoms with Gasteiger partial charge in [-0.3, -0.25) is 4.57 Å². The van der Waals surface area contributed by atoms with E-state index >= 15 is 0 Å². The van der Waals surface area contributed by atoms with Gasteiger partial charge in [-0.15, -0.1) is 0 Å². The van der Waals surface area contributed by atoms with E-state index in [0.717, 1.165) is 16.9 Å². The number of fused-ring (bicyclic) bond motifs is 6. The van der Waals surface area contributed by atoms with Gasteiger partial charge in [0.2, 0.25) is 0 Å². The van der Waals surface area contributed by atoms with Gasteiger partial charge in [-0.1, -0.05) is 100 Å². The van der Waals surface area contributed by atoms with Gasteiger partial charge in [-0.05, 0) is 80.9 Å². The summed E-state index contributed by atoms with van der Waals surface area (Å²) in [6.45, 7) is 8.98. The highest BCUT2D eigenvalue weighted by molar-refractivity contribution is 7.60. The lowest BCUT2D eigenvalue weighted by Gasteiger charge is -2.30. The monoisotopic (exact) mass is 557 g/mol. The van der Waals surface area contributed by atoms with Crippen LogP contribution in [0.25, 0.3) is 22.3 Å². The molecule has 0 spiro atoms. The number of nitrogens with zero attached hydrogens (tertiary/aromatic N) is 1. The molecule has 0 atom stereocenters. The molecule has 0 amide bonds. The van der Waals surface area contributed by atoms with Crippen molar-refractivity contribution in [2.75, 3.05) is 4.90 Å². The van der Waals surface area contributed by atoms with E-state index in [9.17, 15) is 14.4 Å². The molecule has 4 nitrogen and oxygen atoms in total. The highest BCUT2D eigenvalue weighted by atomic mass is 31.2. The lowest BCUT2D eigenvalue weighted by molar-refractivity contribution is 0.387. The van der Waals surface area contributed by atoms with Gasteiger partial charge in [0.05, 0.1) is 11.0 Å². The summed E-state index contributed by atoms with van der Waals surface area (Å²) < 4.78 is 12.8. The Balaban J connectivity index is 1.48. The normalized spacial score (nSPS) is 15.6. The fraction of sp³-hybridized carbons (Fsp3) is 0.167. The minimum absolute atomic E-state index is 0.00396. The van der Waals surface area contributed by atoms with E-state index in [1.165, 1.54) is 45.0 Å². The van der Waals surface area contributed by atoms with Gasteiger partial charge in [0, 0.05) is 22.2 Å². The SMILES string of the molecule is CC1(C)c2ccccc2-c2cc(N(c3ccc4c(c3)C(C)(C)c3ccccc3-4)c3ccccc3P(=O)(O)O)ccc21. The molecular formula is C36H32NO3P. The van der Waals surface area contributed by atoms with Crippen LogP contribution in [0.1, 0.15) is 49.9 Å². The van der Waals surface area contributed by atoms with Gasteiger partial charge in [0.25, 0.3) is 0 Å². The van der Waals surface area contributed by atoms with Crippen LogP contribution in [0.3, 0.4) is 0 Å². The van der Waals surface area contributed by atoms with Crippen molar-refractivity contribution in [3.63, 3.8) is 0 Å². The van der Waals surface area contributed by atoms with Crippen LogP contribution >= 0.6 is 7.60 Å². The largest absolute Gasteiger partial charge is 0.358 e. The van der Waals surface area contributed by atoms with Gasteiger partial charge in [0.1, 0.15) is 0 Å². The summed E-state index contributed by atoms with van der Waals surface area (Å²) in [5, 5.41) is 0.00396. The third-order valence-electron chi connectivity index (χ3n) is 9.09. The lowest BCUT2D eigenvalue weighted by atomic mass is 9.82. The van der Waals surface area contributed by atoms with Crippen LogP contribution in [-0.2, 0) is 15.4 Å². The van der Waals surface area contributed by atoms with Gasteiger partial charge < -0.3 is 14.7 Å². The smallest absolute Gasteiger partial charge is 0.321 e. The summed E-state index contributed by atoms with van der Waals surface area (Å²) in [6.07, 6.45) is 0. The van der Waals surface area contributed by atoms with Crippen LogP contribution in [0.5, 0.6) is 0 Å². The van der Waals surface area contributed by atoms with Crippen molar-refractivity contribution in [3.05, 3.63) is 131 Å². The molecular weight excluding hydrogens is 525 g/mol. The molecule has 5 aromatic rings. The highest BCUT2D eigenvalue weighted by Gasteiger charge is 2.38. The number of para-hydroxylation sites is 1. The summed E-state index contributed by atoms with van der Waals surface area (Å²) in [6, 6.07) is 36.7. The molecule has 2 aliphatic rings. The molecule has 7 rings (SSSR count). The van der Waals surface area contributed by atoms with Gasteiger partial charge in [-0.25, -0.2) is 0 Å². The first-order valence-electron chi connectivity index (χ1n) is 13.9. The molecule has 0 saturated carbocycles. The first-order valence-corrected chi connectivity index (χ1v) is 15.5. The summed E-state index contributed by atoms with van der Waals surface area (Å²) in [5.41, 5.74) is 11.6. The Labute approximate surface area is 241 Å². The molecule has 0 radical (unpaired) electrons. The molecule has 5 heteroatoms. The predicted molar refractivity (Wildman–Crippen MR) is 168 cm³/mol. The van der Waals surface area contributed by atoms with E-state index in [4.69, 9.17) is 0 Å². The molecule has 41 heavy (non-hydrogen) atoms. The molecule has 204 valence electrons. The zero-order valence-corrected chi connectivity index (χ0v) is 24.5. The van der Waals surface area contributed by atoms with E-state index < -0.39 is 7.60 Å². The summed E-state index contributed by atoms with van der Waals surface area (Å²) in [7, 11) is -4.57. The summed E-state index contributed by atoms with van der Waals surface area (Å²) in [4.78, 5) is 22.8. The molecule has 0 aromatic heterocycles. The first kappa shape index (κ1) is 26.0. The third kappa shape index (κ3) is 3.79. The zero-order valence-electron chi connectivity index (χ0n) is 23.6. The van der Waals surface area contributed by atoms with Crippen molar-refractivity contribution in [1.29, 1.82) is 0 Å². The topological polar surface area (TPSA) is 60.8 Å². The minimum Gasteiger partial charge on any atom is -0.321 e. The Kier molecular flexibility index (Phi) is 5.56. The Morgan fingerprint density at radius 2 is 1.02 bits per heavy atom. The van der Waals surface area contributed by atoms with E-state index in [1.807, 2.05) is 11.0 Å². The standard InChI is InChI=1S/C36H32NO3P/c1-35(2)30-14-8-6-12-26(30)28-21-23(18-20-31(28)35)37(33-15-9-10-16-34(33)41(38,39)40)24-17-19-27-25-11-5-7-13-29(25)36(3,4)32(27)22-24/h5-22H,1-4H3,(H2,38,39,40). The Hall–Kier alpha value is -3.95. The van der Waals surface area contributed by atoms with Crippen molar-refractivity contribution < 1.29 is 14.4 Å². The molecule has 0 fully saturated rings. The predicted octanol–water partition coefficient (Wildman–Crippen LogP) is 8.57. The van der Waals surface area contributed by atoms with Crippen molar-refractivity contribution in [2.45, 2.75) is 38.5 Å². The second-order valence-corrected chi connectivity index (χ2v) is 13.7. The average Bonchev–Trinajstić information content (AvgIpc) is 3.33. The molecule has 0 bridgehead atoms. The van der Waals surface area contributed by atoms with Crippen LogP contribution in [0.2, 0.25) is 0 Å². The number of rotatable bonds is 4. The fourth-order valence-electron chi connectivity index (χ4n) is 7.01. The second kappa shape index (κ2) is 8.77. The lowest BCUT2D eigenvalue weighted by Crippen LogP contribution is -2.21. The molecule has 0 aliphatic heterocycles. The van der Waals surface area contributed by atoms with E-state index in [2.05, 4.69) is 113 Å². The highest BCUT2D eigenvalue weighted by Crippen LogP contribution is 2.53. The molecule has 2 aliphatic carbocycles. The Bertz CT molecular complexity index is 1920. The maximum absolute atomic E-state index is 12.8. The van der Waals surface area contributed by atoms with Crippen molar-refractivity contribution >= 4 is 30.0 Å². The van der Waals surface area contributed by atoms with Gasteiger partial charge >= 0.3 is 7.60 Å². The molecule has 0 unspecified atom stereocenters. The van der Waals surface area contributed by atoms with E-state index in [0.29, 0.717) is 5.69 Å². The summed E-state index contributed by atoms with van der Waals surface area (Å²) in [5.74, 6) is 0. The van der Waals surface area contributed by atoms with Gasteiger partial charge in [0.15, 0.2) is 0 Å². The van der Waals surface area contributed by atoms with Crippen LogP contribution in [0.15, 0.2) is 109 Å². The average molecular weight is 558 g/mol. The molecule has 0 saturated heterocycles. The maximum atomic E-state index is 12.8. The molecule has 5 aromatic carbocycles. The second-order valence-electron chi connectivity index (χ2n) is 12.2. The fourth-order valence-corrected chi connectivity index (χ4v) is 7.76. The Morgan fingerprint density at radius 3 is 1.71 bits per heavy atom. The Morgan fingerprint density at radius 1 is 0.537 bits per heavy atom. The van der Waals surface area contributed by atoms with Crippen molar-refractivity contribution in [2.24, 2.45) is 0 Å². The first-order chi connectivity index (χ1) is 19.5. The quantitative estimate of drug-likeness (QED) is 0.217. The van der Waals surface area contributed by atoms with Crippen LogP contribution in [0.4, 0.5) is 17.1 Å². The van der Waals surface area contributed by atoms with Crippen LogP contribution in [-0.4, -0.2) is 9.79 Å². The zero-order chi connectivity index (χ0) is 28.7. The summed E-state index contributed by atoms with van der Waals surface area (Å²) >= 11 is 0. The van der Waals surface area contributed by atoms with Crippen LogP contribution < -0.4 is 10.2 Å². The van der Waals surface area contributed by atoms with Crippen molar-refractivity contribution in [3.8, 4) is 22.3 Å². The third-order valence-corrected chi connectivity index (χ3v) is 10.1. The molecule has 0 heterocycles. The number of benzene rings is 5. The van der Waals surface area contributed by atoms with Gasteiger partial charge in [-0.2, -0.15) is 0 Å². The maximum Gasteiger partial charge on any atom is 0.358 e. The van der Waals surface area contributed by atoms with Crippen molar-refractivity contribution in [1.82, 2.24) is 0 Å². The van der Waals surface area contributed by atoms with Crippen LogP contribution in [0, 0.1) is 0 Å². The minimum atomic E-state index is -4.57. The number of hydrogen-bond donors (Lipinski definition) is 2. The number of hydrogen-bond acceptors (Lipinski definition) is 2.